The van der Waals surface area contributed by atoms with E-state index in [1.807, 2.05) is 36.6 Å². The molecular weight excluding hydrogens is 355 g/mol. The molecular formula is C21H20F3NO2. The molecule has 0 atom stereocenters. The highest BCUT2D eigenvalue weighted by molar-refractivity contribution is 5.89. The summed E-state index contributed by atoms with van der Waals surface area (Å²) in [7, 11) is 0. The maximum Gasteiger partial charge on any atom is 0.416 e. The zero-order valence-electron chi connectivity index (χ0n) is 15.1. The number of benzene rings is 2. The molecule has 0 fully saturated rings. The SMILES string of the molecule is CCc1ccc2c(c1)c(CC(=O)O)c(C)n2Cc1ccc(C(F)(F)F)cc1. The first-order valence-corrected chi connectivity index (χ1v) is 8.69. The number of hydrogen-bond donors (Lipinski definition) is 1. The molecule has 0 aliphatic carbocycles. The van der Waals surface area contributed by atoms with Crippen molar-refractivity contribution in [2.24, 2.45) is 0 Å². The summed E-state index contributed by atoms with van der Waals surface area (Å²) >= 11 is 0. The van der Waals surface area contributed by atoms with Gasteiger partial charge in [-0.15, -0.1) is 0 Å². The third kappa shape index (κ3) is 3.84. The van der Waals surface area contributed by atoms with Gasteiger partial charge < -0.3 is 9.67 Å². The number of aliphatic carboxylic acids is 1. The van der Waals surface area contributed by atoms with Gasteiger partial charge in [0.15, 0.2) is 0 Å². The van der Waals surface area contributed by atoms with E-state index in [4.69, 9.17) is 0 Å². The zero-order valence-corrected chi connectivity index (χ0v) is 15.1. The van der Waals surface area contributed by atoms with Gasteiger partial charge in [-0.25, -0.2) is 0 Å². The molecule has 0 radical (unpaired) electrons. The van der Waals surface area contributed by atoms with Crippen LogP contribution in [0, 0.1) is 6.92 Å². The molecule has 3 rings (SSSR count). The third-order valence-corrected chi connectivity index (χ3v) is 4.88. The molecule has 1 heterocycles. The number of alkyl halides is 3. The second-order valence-electron chi connectivity index (χ2n) is 6.62. The van der Waals surface area contributed by atoms with Gasteiger partial charge in [0.2, 0.25) is 0 Å². The fourth-order valence-corrected chi connectivity index (χ4v) is 3.38. The molecule has 0 saturated heterocycles. The lowest BCUT2D eigenvalue weighted by molar-refractivity contribution is -0.138. The number of carboxylic acid groups (broad SMARTS) is 1. The minimum absolute atomic E-state index is 0.0878. The minimum Gasteiger partial charge on any atom is -0.481 e. The number of aromatic nitrogens is 1. The van der Waals surface area contributed by atoms with Crippen molar-refractivity contribution in [3.63, 3.8) is 0 Å². The van der Waals surface area contributed by atoms with Crippen LogP contribution >= 0.6 is 0 Å². The van der Waals surface area contributed by atoms with Crippen molar-refractivity contribution in [1.29, 1.82) is 0 Å². The number of rotatable bonds is 5. The summed E-state index contributed by atoms with van der Waals surface area (Å²) < 4.78 is 40.2. The number of carbonyl (C=O) groups is 1. The number of carboxylic acids is 1. The Kier molecular flexibility index (Phi) is 5.00. The van der Waals surface area contributed by atoms with Crippen molar-refractivity contribution in [1.82, 2.24) is 4.57 Å². The Balaban J connectivity index is 2.06. The van der Waals surface area contributed by atoms with Crippen LogP contribution < -0.4 is 0 Å². The van der Waals surface area contributed by atoms with Crippen molar-refractivity contribution < 1.29 is 23.1 Å². The molecule has 3 aromatic rings. The van der Waals surface area contributed by atoms with E-state index in [9.17, 15) is 23.1 Å². The summed E-state index contributed by atoms with van der Waals surface area (Å²) in [6.07, 6.45) is -3.61. The highest BCUT2D eigenvalue weighted by Gasteiger charge is 2.30. The average Bonchev–Trinajstić information content (AvgIpc) is 2.86. The first-order valence-electron chi connectivity index (χ1n) is 8.69. The monoisotopic (exact) mass is 375 g/mol. The second-order valence-corrected chi connectivity index (χ2v) is 6.62. The number of fused-ring (bicyclic) bond motifs is 1. The molecule has 0 bridgehead atoms. The van der Waals surface area contributed by atoms with Gasteiger partial charge in [0.25, 0.3) is 0 Å². The molecule has 0 saturated carbocycles. The van der Waals surface area contributed by atoms with Gasteiger partial charge in [-0.1, -0.05) is 25.1 Å². The lowest BCUT2D eigenvalue weighted by atomic mass is 10.0. The van der Waals surface area contributed by atoms with Gasteiger partial charge in [0.05, 0.1) is 12.0 Å². The summed E-state index contributed by atoms with van der Waals surface area (Å²) in [5.41, 5.74) is 3.62. The van der Waals surface area contributed by atoms with Crippen molar-refractivity contribution >= 4 is 16.9 Å². The van der Waals surface area contributed by atoms with Gasteiger partial charge >= 0.3 is 12.1 Å². The molecule has 142 valence electrons. The van der Waals surface area contributed by atoms with E-state index in [0.717, 1.165) is 51.8 Å². The fourth-order valence-electron chi connectivity index (χ4n) is 3.38. The highest BCUT2D eigenvalue weighted by Crippen LogP contribution is 2.31. The molecule has 6 heteroatoms. The average molecular weight is 375 g/mol. The van der Waals surface area contributed by atoms with Gasteiger partial charge in [0.1, 0.15) is 0 Å². The number of aryl methyl sites for hydroxylation is 1. The summed E-state index contributed by atoms with van der Waals surface area (Å²) in [6.45, 7) is 4.27. The van der Waals surface area contributed by atoms with Crippen LogP contribution in [0.15, 0.2) is 42.5 Å². The Morgan fingerprint density at radius 2 is 1.70 bits per heavy atom. The first kappa shape index (κ1) is 19.0. The Hall–Kier alpha value is -2.76. The van der Waals surface area contributed by atoms with Crippen LogP contribution in [0.3, 0.4) is 0 Å². The maximum absolute atomic E-state index is 12.8. The van der Waals surface area contributed by atoms with E-state index in [0.29, 0.717) is 6.54 Å². The topological polar surface area (TPSA) is 42.2 Å². The quantitative estimate of drug-likeness (QED) is 0.665. The minimum atomic E-state index is -4.36. The fraction of sp³-hybridized carbons (Fsp3) is 0.286. The molecule has 0 aliphatic rings. The van der Waals surface area contributed by atoms with E-state index < -0.39 is 17.7 Å². The van der Waals surface area contributed by atoms with E-state index in [2.05, 4.69) is 0 Å². The molecule has 27 heavy (non-hydrogen) atoms. The maximum atomic E-state index is 12.8. The highest BCUT2D eigenvalue weighted by atomic mass is 19.4. The summed E-state index contributed by atoms with van der Waals surface area (Å²) in [6, 6.07) is 11.0. The van der Waals surface area contributed by atoms with Gasteiger partial charge in [-0.3, -0.25) is 4.79 Å². The van der Waals surface area contributed by atoms with Crippen LogP contribution in [0.2, 0.25) is 0 Å². The van der Waals surface area contributed by atoms with Crippen molar-refractivity contribution in [3.05, 3.63) is 70.4 Å². The van der Waals surface area contributed by atoms with Crippen LogP contribution in [0.1, 0.15) is 34.9 Å². The van der Waals surface area contributed by atoms with Crippen LogP contribution in [0.5, 0.6) is 0 Å². The molecule has 0 amide bonds. The van der Waals surface area contributed by atoms with Gasteiger partial charge in [0, 0.05) is 23.1 Å². The zero-order chi connectivity index (χ0) is 19.8. The van der Waals surface area contributed by atoms with E-state index >= 15 is 0 Å². The van der Waals surface area contributed by atoms with Crippen LogP contribution in [0.4, 0.5) is 13.2 Å². The molecule has 2 aromatic carbocycles. The standard InChI is InChI=1S/C21H20F3NO2/c1-3-14-6-9-19-18(10-14)17(11-20(26)27)13(2)25(19)12-15-4-7-16(8-5-15)21(22,23)24/h4-10H,3,11-12H2,1-2H3,(H,26,27). The van der Waals surface area contributed by atoms with Crippen molar-refractivity contribution in [2.45, 2.75) is 39.4 Å². The first-order chi connectivity index (χ1) is 12.7. The van der Waals surface area contributed by atoms with Gasteiger partial charge in [-0.2, -0.15) is 13.2 Å². The predicted molar refractivity (Wildman–Crippen MR) is 97.9 cm³/mol. The van der Waals surface area contributed by atoms with E-state index in [-0.39, 0.29) is 6.42 Å². The lowest BCUT2D eigenvalue weighted by Crippen LogP contribution is -2.07. The second kappa shape index (κ2) is 7.10. The largest absolute Gasteiger partial charge is 0.481 e. The number of nitrogens with zero attached hydrogens (tertiary/aromatic N) is 1. The molecule has 1 aromatic heterocycles. The normalized spacial score (nSPS) is 11.9. The Morgan fingerprint density at radius 1 is 1.07 bits per heavy atom. The summed E-state index contributed by atoms with van der Waals surface area (Å²) in [5, 5.41) is 10.2. The molecule has 1 N–H and O–H groups in total. The smallest absolute Gasteiger partial charge is 0.416 e. The number of halogens is 3. The van der Waals surface area contributed by atoms with Crippen LogP contribution in [0.25, 0.3) is 10.9 Å². The predicted octanol–water partition coefficient (Wildman–Crippen LogP) is 5.21. The van der Waals surface area contributed by atoms with Crippen LogP contribution in [-0.2, 0) is 30.4 Å². The van der Waals surface area contributed by atoms with E-state index in [1.165, 1.54) is 12.1 Å². The molecule has 0 unspecified atom stereocenters. The molecule has 0 spiro atoms. The van der Waals surface area contributed by atoms with Gasteiger partial charge in [-0.05, 0) is 54.3 Å². The Bertz CT molecular complexity index is 985. The Morgan fingerprint density at radius 3 is 2.26 bits per heavy atom. The Labute approximate surface area is 155 Å². The third-order valence-electron chi connectivity index (χ3n) is 4.88. The van der Waals surface area contributed by atoms with Crippen molar-refractivity contribution in [3.8, 4) is 0 Å². The number of hydrogen-bond acceptors (Lipinski definition) is 1. The van der Waals surface area contributed by atoms with Crippen LogP contribution in [-0.4, -0.2) is 15.6 Å². The van der Waals surface area contributed by atoms with E-state index in [1.54, 1.807) is 0 Å². The summed E-state index contributed by atoms with van der Waals surface area (Å²) in [5.74, 6) is -0.909. The lowest BCUT2D eigenvalue weighted by Gasteiger charge is -2.11. The summed E-state index contributed by atoms with van der Waals surface area (Å²) in [4.78, 5) is 11.3. The molecule has 0 aliphatic heterocycles. The van der Waals surface area contributed by atoms with Crippen molar-refractivity contribution in [2.75, 3.05) is 0 Å². The molecule has 3 nitrogen and oxygen atoms in total.